The fraction of sp³-hybridized carbons (Fsp3) is 0.412. The molecule has 4 aliphatic rings. The second kappa shape index (κ2) is 3.38. The summed E-state index contributed by atoms with van der Waals surface area (Å²) < 4.78 is 11.9. The SMILES string of the molecule is CO[C@@H]1[C@H]2c3ccccc3[C@@H]1C=C1[C@@H]2[C@H]2C=C[C@@H]1O2. The zero-order chi connectivity index (χ0) is 12.6. The van der Waals surface area contributed by atoms with Crippen molar-refractivity contribution in [2.24, 2.45) is 5.92 Å². The summed E-state index contributed by atoms with van der Waals surface area (Å²) in [5, 5.41) is 0. The highest BCUT2D eigenvalue weighted by Gasteiger charge is 2.56. The molecule has 2 heteroatoms. The molecule has 0 spiro atoms. The Hall–Kier alpha value is -1.38. The average Bonchev–Trinajstić information content (AvgIpc) is 3.11. The number of fused-ring (bicyclic) bond motifs is 11. The molecular weight excluding hydrogens is 236 g/mol. The Balaban J connectivity index is 1.74. The fourth-order valence-corrected chi connectivity index (χ4v) is 4.64. The summed E-state index contributed by atoms with van der Waals surface area (Å²) in [6.45, 7) is 0. The summed E-state index contributed by atoms with van der Waals surface area (Å²) in [5.41, 5.74) is 4.42. The molecule has 2 aliphatic carbocycles. The summed E-state index contributed by atoms with van der Waals surface area (Å²) in [6.07, 6.45) is 7.64. The number of ether oxygens (including phenoxy) is 2. The van der Waals surface area contributed by atoms with Gasteiger partial charge in [0.2, 0.25) is 0 Å². The molecule has 6 atom stereocenters. The van der Waals surface area contributed by atoms with Crippen molar-refractivity contribution in [2.45, 2.75) is 30.1 Å². The van der Waals surface area contributed by atoms with Crippen LogP contribution < -0.4 is 0 Å². The molecule has 0 radical (unpaired) electrons. The van der Waals surface area contributed by atoms with Crippen molar-refractivity contribution < 1.29 is 9.47 Å². The summed E-state index contributed by atoms with van der Waals surface area (Å²) in [6, 6.07) is 8.83. The molecule has 2 heterocycles. The lowest BCUT2D eigenvalue weighted by Crippen LogP contribution is -2.35. The van der Waals surface area contributed by atoms with E-state index in [4.69, 9.17) is 9.47 Å². The largest absolute Gasteiger partial charge is 0.380 e. The van der Waals surface area contributed by atoms with Gasteiger partial charge in [0.1, 0.15) is 0 Å². The maximum Gasteiger partial charge on any atom is 0.0980 e. The quantitative estimate of drug-likeness (QED) is 0.716. The van der Waals surface area contributed by atoms with E-state index in [1.807, 2.05) is 7.11 Å². The Labute approximate surface area is 112 Å². The third-order valence-corrected chi connectivity index (χ3v) is 5.30. The molecule has 0 N–H and O–H groups in total. The van der Waals surface area contributed by atoms with Crippen molar-refractivity contribution in [3.05, 3.63) is 59.2 Å². The molecule has 4 bridgehead atoms. The number of benzene rings is 1. The third kappa shape index (κ3) is 1.11. The summed E-state index contributed by atoms with van der Waals surface area (Å²) in [7, 11) is 1.85. The Bertz CT molecular complexity index is 615. The first-order valence-electron chi connectivity index (χ1n) is 7.05. The average molecular weight is 252 g/mol. The molecule has 1 aromatic carbocycles. The molecule has 5 rings (SSSR count). The van der Waals surface area contributed by atoms with Crippen LogP contribution in [0.1, 0.15) is 23.0 Å². The Morgan fingerprint density at radius 1 is 1.05 bits per heavy atom. The number of hydrogen-bond acceptors (Lipinski definition) is 2. The molecular formula is C17H16O2. The molecule has 96 valence electrons. The van der Waals surface area contributed by atoms with E-state index in [9.17, 15) is 0 Å². The van der Waals surface area contributed by atoms with Crippen molar-refractivity contribution in [3.63, 3.8) is 0 Å². The van der Waals surface area contributed by atoms with Crippen molar-refractivity contribution in [1.82, 2.24) is 0 Å². The zero-order valence-corrected chi connectivity index (χ0v) is 10.8. The van der Waals surface area contributed by atoms with Crippen LogP contribution in [0.2, 0.25) is 0 Å². The molecule has 0 amide bonds. The lowest BCUT2D eigenvalue weighted by Gasteiger charge is -2.35. The van der Waals surface area contributed by atoms with E-state index in [1.165, 1.54) is 16.7 Å². The Kier molecular flexibility index (Phi) is 1.85. The molecule has 1 saturated heterocycles. The minimum Gasteiger partial charge on any atom is -0.380 e. The molecule has 2 nitrogen and oxygen atoms in total. The van der Waals surface area contributed by atoms with Gasteiger partial charge < -0.3 is 9.47 Å². The van der Waals surface area contributed by atoms with Crippen LogP contribution in [0.5, 0.6) is 0 Å². The lowest BCUT2D eigenvalue weighted by atomic mass is 9.71. The van der Waals surface area contributed by atoms with Crippen LogP contribution in [0.3, 0.4) is 0 Å². The van der Waals surface area contributed by atoms with Gasteiger partial charge in [0.05, 0.1) is 18.3 Å². The van der Waals surface area contributed by atoms with Gasteiger partial charge in [0.25, 0.3) is 0 Å². The standard InChI is InChI=1S/C17H16O2/c1-18-17-11-8-12-13-6-7-14(19-13)15(12)16(17)10-5-3-2-4-9(10)11/h2-8,11,13-17H,1H3/t11-,13-,14+,15+,16-,17-/m0/s1. The molecule has 1 fully saturated rings. The maximum absolute atomic E-state index is 6.04. The summed E-state index contributed by atoms with van der Waals surface area (Å²) in [5.74, 6) is 1.36. The van der Waals surface area contributed by atoms with Crippen LogP contribution in [-0.2, 0) is 9.47 Å². The number of hydrogen-bond donors (Lipinski definition) is 0. The molecule has 19 heavy (non-hydrogen) atoms. The van der Waals surface area contributed by atoms with E-state index in [0.717, 1.165) is 0 Å². The molecule has 0 saturated carbocycles. The first kappa shape index (κ1) is 10.4. The second-order valence-electron chi connectivity index (χ2n) is 5.98. The predicted molar refractivity (Wildman–Crippen MR) is 72.1 cm³/mol. The molecule has 0 unspecified atom stereocenters. The normalized spacial score (nSPS) is 44.2. The van der Waals surface area contributed by atoms with Crippen LogP contribution in [0.25, 0.3) is 0 Å². The highest BCUT2D eigenvalue weighted by atomic mass is 16.5. The van der Waals surface area contributed by atoms with Gasteiger partial charge in [-0.05, 0) is 16.7 Å². The highest BCUT2D eigenvalue weighted by molar-refractivity contribution is 5.52. The first-order valence-corrected chi connectivity index (χ1v) is 7.05. The molecule has 1 aromatic rings. The van der Waals surface area contributed by atoms with Gasteiger partial charge in [-0.3, -0.25) is 0 Å². The van der Waals surface area contributed by atoms with Gasteiger partial charge in [0.15, 0.2) is 0 Å². The smallest absolute Gasteiger partial charge is 0.0980 e. The van der Waals surface area contributed by atoms with Crippen LogP contribution in [0, 0.1) is 5.92 Å². The highest BCUT2D eigenvalue weighted by Crippen LogP contribution is 2.59. The summed E-state index contributed by atoms with van der Waals surface area (Å²) in [4.78, 5) is 0. The Morgan fingerprint density at radius 2 is 1.89 bits per heavy atom. The second-order valence-corrected chi connectivity index (χ2v) is 5.98. The van der Waals surface area contributed by atoms with E-state index in [1.54, 1.807) is 0 Å². The van der Waals surface area contributed by atoms with Gasteiger partial charge in [-0.2, -0.15) is 0 Å². The van der Waals surface area contributed by atoms with Crippen LogP contribution >= 0.6 is 0 Å². The maximum atomic E-state index is 6.04. The van der Waals surface area contributed by atoms with Gasteiger partial charge in [-0.25, -0.2) is 0 Å². The first-order chi connectivity index (χ1) is 9.38. The van der Waals surface area contributed by atoms with E-state index < -0.39 is 0 Å². The van der Waals surface area contributed by atoms with E-state index in [-0.39, 0.29) is 18.3 Å². The van der Waals surface area contributed by atoms with Gasteiger partial charge in [-0.15, -0.1) is 0 Å². The van der Waals surface area contributed by atoms with E-state index >= 15 is 0 Å². The van der Waals surface area contributed by atoms with Crippen molar-refractivity contribution >= 4 is 0 Å². The van der Waals surface area contributed by atoms with Crippen molar-refractivity contribution in [2.75, 3.05) is 7.11 Å². The number of methoxy groups -OCH3 is 1. The molecule has 0 aromatic heterocycles. The van der Waals surface area contributed by atoms with Gasteiger partial charge in [-0.1, -0.05) is 42.5 Å². The predicted octanol–water partition coefficient (Wildman–Crippen LogP) is 2.78. The minimum atomic E-state index is 0.229. The topological polar surface area (TPSA) is 18.5 Å². The fourth-order valence-electron chi connectivity index (χ4n) is 4.64. The molecule has 2 aliphatic heterocycles. The van der Waals surface area contributed by atoms with Gasteiger partial charge >= 0.3 is 0 Å². The van der Waals surface area contributed by atoms with Crippen LogP contribution in [0.4, 0.5) is 0 Å². The van der Waals surface area contributed by atoms with E-state index in [2.05, 4.69) is 42.5 Å². The summed E-state index contributed by atoms with van der Waals surface area (Å²) >= 11 is 0. The monoisotopic (exact) mass is 252 g/mol. The number of rotatable bonds is 1. The third-order valence-electron chi connectivity index (χ3n) is 5.30. The lowest BCUT2D eigenvalue weighted by molar-refractivity contribution is 0.0429. The van der Waals surface area contributed by atoms with Crippen LogP contribution in [-0.4, -0.2) is 25.4 Å². The zero-order valence-electron chi connectivity index (χ0n) is 10.8. The van der Waals surface area contributed by atoms with Crippen molar-refractivity contribution in [1.29, 1.82) is 0 Å². The minimum absolute atomic E-state index is 0.229. The van der Waals surface area contributed by atoms with E-state index in [0.29, 0.717) is 17.8 Å². The van der Waals surface area contributed by atoms with Crippen LogP contribution in [0.15, 0.2) is 48.1 Å². The Morgan fingerprint density at radius 3 is 2.74 bits per heavy atom. The van der Waals surface area contributed by atoms with Gasteiger partial charge in [0, 0.05) is 24.9 Å². The van der Waals surface area contributed by atoms with Crippen molar-refractivity contribution in [3.8, 4) is 0 Å².